The van der Waals surface area contributed by atoms with Crippen molar-refractivity contribution in [2.75, 3.05) is 33.4 Å². The Bertz CT molecular complexity index is 1100. The van der Waals surface area contributed by atoms with Crippen LogP contribution in [0.4, 0.5) is 0 Å². The summed E-state index contributed by atoms with van der Waals surface area (Å²) in [5.41, 5.74) is 4.02. The Morgan fingerprint density at radius 3 is 2.56 bits per heavy atom. The molecule has 0 spiro atoms. The van der Waals surface area contributed by atoms with Crippen molar-refractivity contribution in [1.29, 1.82) is 5.26 Å². The molecule has 2 heterocycles. The molecule has 3 aromatic rings. The summed E-state index contributed by atoms with van der Waals surface area (Å²) in [6, 6.07) is 16.0. The zero-order valence-corrected chi connectivity index (χ0v) is 20.2. The van der Waals surface area contributed by atoms with Gasteiger partial charge in [0.1, 0.15) is 5.60 Å². The van der Waals surface area contributed by atoms with Crippen molar-refractivity contribution in [3.63, 3.8) is 0 Å². The zero-order chi connectivity index (χ0) is 25.0. The molecule has 0 bridgehead atoms. The molecule has 184 valence electrons. The number of ether oxygens (including phenoxy) is 1. The van der Waals surface area contributed by atoms with Gasteiger partial charge in [0, 0.05) is 33.7 Å². The summed E-state index contributed by atoms with van der Waals surface area (Å²) in [6.45, 7) is 4.79. The minimum atomic E-state index is -0.620. The zero-order valence-electron chi connectivity index (χ0n) is 20.2. The van der Waals surface area contributed by atoms with Gasteiger partial charge in [-0.05, 0) is 41.7 Å². The van der Waals surface area contributed by atoms with Crippen molar-refractivity contribution < 1.29 is 19.4 Å². The topological polar surface area (TPSA) is 121 Å². The lowest BCUT2D eigenvalue weighted by atomic mass is 9.99. The molecule has 3 N–H and O–H groups in total. The standard InChI is InChI=1S/C17H14N2O2.C8H17NO2.CH4O/c1-19-15-11-14(8-9-16(15)21-17(19)20)13-6-4-12(5-7-13)3-2-10-18;1-2-3-8(10)6-9-4-5-11-7-8;1-2/h4-9,11H,2-3H2,1H3;9-10H,2-7H2,1H3;2H,1H3. The summed E-state index contributed by atoms with van der Waals surface area (Å²) in [4.78, 5) is 11.5. The second kappa shape index (κ2) is 13.7. The Balaban J connectivity index is 0.000000266. The number of β-amino-alcohol motifs (C(OH)–C–C–N with tert-alkyl or cyclic N) is 1. The lowest BCUT2D eigenvalue weighted by Gasteiger charge is -2.24. The molecular weight excluding hydrogens is 434 g/mol. The van der Waals surface area contributed by atoms with E-state index in [1.165, 1.54) is 4.57 Å². The lowest BCUT2D eigenvalue weighted by Crippen LogP contribution is -2.42. The molecule has 0 aliphatic carbocycles. The Kier molecular flexibility index (Phi) is 11.0. The number of hydrogen-bond acceptors (Lipinski definition) is 7. The number of aliphatic hydroxyl groups is 2. The van der Waals surface area contributed by atoms with Gasteiger partial charge in [0.25, 0.3) is 0 Å². The average molecular weight is 470 g/mol. The first-order chi connectivity index (χ1) is 16.5. The molecule has 1 atom stereocenters. The van der Waals surface area contributed by atoms with Gasteiger partial charge in [0.2, 0.25) is 0 Å². The number of aliphatic hydroxyl groups excluding tert-OH is 1. The van der Waals surface area contributed by atoms with Crippen LogP contribution < -0.4 is 11.1 Å². The summed E-state index contributed by atoms with van der Waals surface area (Å²) < 4.78 is 11.9. The van der Waals surface area contributed by atoms with Crippen LogP contribution in [0.3, 0.4) is 0 Å². The molecule has 0 saturated carbocycles. The van der Waals surface area contributed by atoms with Gasteiger partial charge in [-0.25, -0.2) is 4.79 Å². The fraction of sp³-hybridized carbons (Fsp3) is 0.462. The number of oxazole rings is 1. The number of rotatable bonds is 5. The van der Waals surface area contributed by atoms with Crippen LogP contribution in [-0.4, -0.2) is 53.8 Å². The van der Waals surface area contributed by atoms with Gasteiger partial charge in [-0.2, -0.15) is 5.26 Å². The van der Waals surface area contributed by atoms with Crippen molar-refractivity contribution >= 4 is 11.1 Å². The van der Waals surface area contributed by atoms with Gasteiger partial charge in [-0.15, -0.1) is 0 Å². The van der Waals surface area contributed by atoms with Gasteiger partial charge in [0.05, 0.1) is 24.8 Å². The monoisotopic (exact) mass is 469 g/mol. The first kappa shape index (κ1) is 27.3. The van der Waals surface area contributed by atoms with Crippen LogP contribution in [0, 0.1) is 11.3 Å². The molecule has 1 fully saturated rings. The molecule has 2 aromatic carbocycles. The van der Waals surface area contributed by atoms with E-state index in [1.54, 1.807) is 7.05 Å². The predicted molar refractivity (Wildman–Crippen MR) is 133 cm³/mol. The third-order valence-electron chi connectivity index (χ3n) is 5.57. The van der Waals surface area contributed by atoms with Crippen molar-refractivity contribution in [2.45, 2.75) is 38.2 Å². The van der Waals surface area contributed by atoms with Crippen molar-refractivity contribution in [3.05, 3.63) is 58.6 Å². The molecule has 8 heteroatoms. The maximum atomic E-state index is 11.5. The van der Waals surface area contributed by atoms with Crippen LogP contribution in [0.2, 0.25) is 0 Å². The van der Waals surface area contributed by atoms with E-state index in [1.807, 2.05) is 42.5 Å². The number of benzene rings is 2. The molecule has 0 radical (unpaired) electrons. The van der Waals surface area contributed by atoms with Gasteiger partial charge in [-0.1, -0.05) is 43.7 Å². The highest BCUT2D eigenvalue weighted by atomic mass is 16.5. The highest BCUT2D eigenvalue weighted by Crippen LogP contribution is 2.24. The first-order valence-corrected chi connectivity index (χ1v) is 11.5. The Labute approximate surface area is 200 Å². The Morgan fingerprint density at radius 1 is 1.18 bits per heavy atom. The number of hydrogen-bond donors (Lipinski definition) is 3. The summed E-state index contributed by atoms with van der Waals surface area (Å²) in [5, 5.41) is 28.6. The summed E-state index contributed by atoms with van der Waals surface area (Å²) >= 11 is 0. The van der Waals surface area contributed by atoms with E-state index in [4.69, 9.17) is 19.5 Å². The second-order valence-electron chi connectivity index (χ2n) is 8.17. The van der Waals surface area contributed by atoms with Gasteiger partial charge in [-0.3, -0.25) is 4.57 Å². The summed E-state index contributed by atoms with van der Waals surface area (Å²) in [5.74, 6) is -0.353. The fourth-order valence-corrected chi connectivity index (χ4v) is 3.77. The number of fused-ring (bicyclic) bond motifs is 1. The number of nitriles is 1. The Morgan fingerprint density at radius 2 is 1.88 bits per heavy atom. The normalized spacial score (nSPS) is 17.5. The number of aromatic nitrogens is 1. The van der Waals surface area contributed by atoms with Gasteiger partial charge >= 0.3 is 5.76 Å². The lowest BCUT2D eigenvalue weighted by molar-refractivity contribution is -0.0335. The molecule has 4 rings (SSSR count). The van der Waals surface area contributed by atoms with E-state index in [0.29, 0.717) is 31.8 Å². The van der Waals surface area contributed by atoms with Crippen molar-refractivity contribution in [2.24, 2.45) is 7.05 Å². The minimum Gasteiger partial charge on any atom is -0.408 e. The molecule has 1 saturated heterocycles. The average Bonchev–Trinajstić information content (AvgIpc) is 3.00. The summed E-state index contributed by atoms with van der Waals surface area (Å²) in [6.07, 6.45) is 3.12. The molecule has 0 amide bonds. The molecule has 8 nitrogen and oxygen atoms in total. The molecule has 1 aromatic heterocycles. The quantitative estimate of drug-likeness (QED) is 0.525. The highest BCUT2D eigenvalue weighted by molar-refractivity contribution is 5.80. The van der Waals surface area contributed by atoms with Crippen molar-refractivity contribution in [3.8, 4) is 17.2 Å². The van der Waals surface area contributed by atoms with Crippen molar-refractivity contribution in [1.82, 2.24) is 9.88 Å². The van der Waals surface area contributed by atoms with Crippen LogP contribution in [0.25, 0.3) is 22.2 Å². The maximum Gasteiger partial charge on any atom is 0.419 e. The smallest absolute Gasteiger partial charge is 0.408 e. The highest BCUT2D eigenvalue weighted by Gasteiger charge is 2.27. The van der Waals surface area contributed by atoms with Crippen LogP contribution in [-0.2, 0) is 18.2 Å². The van der Waals surface area contributed by atoms with E-state index < -0.39 is 5.60 Å². The van der Waals surface area contributed by atoms with E-state index in [2.05, 4.69) is 18.3 Å². The third-order valence-corrected chi connectivity index (χ3v) is 5.57. The molecule has 34 heavy (non-hydrogen) atoms. The van der Waals surface area contributed by atoms with E-state index in [0.717, 1.165) is 55.1 Å². The molecular formula is C26H35N3O5. The van der Waals surface area contributed by atoms with E-state index >= 15 is 0 Å². The first-order valence-electron chi connectivity index (χ1n) is 11.5. The van der Waals surface area contributed by atoms with Crippen LogP contribution in [0.1, 0.15) is 31.7 Å². The van der Waals surface area contributed by atoms with Crippen LogP contribution >= 0.6 is 0 Å². The number of nitrogens with one attached hydrogen (secondary N) is 1. The van der Waals surface area contributed by atoms with E-state index in [-0.39, 0.29) is 5.76 Å². The summed E-state index contributed by atoms with van der Waals surface area (Å²) in [7, 11) is 2.70. The van der Waals surface area contributed by atoms with Gasteiger partial charge in [0.15, 0.2) is 5.58 Å². The Hall–Kier alpha value is -2.96. The SMILES string of the molecule is CCCC1(O)CNCCOC1.CO.Cn1c(=O)oc2ccc(-c3ccc(CCC#N)cc3)cc21. The number of nitrogens with zero attached hydrogens (tertiary/aromatic N) is 2. The fourth-order valence-electron chi connectivity index (χ4n) is 3.77. The predicted octanol–water partition coefficient (Wildman–Crippen LogP) is 3.00. The largest absolute Gasteiger partial charge is 0.419 e. The second-order valence-corrected chi connectivity index (χ2v) is 8.17. The molecule has 1 aliphatic heterocycles. The van der Waals surface area contributed by atoms with E-state index in [9.17, 15) is 9.90 Å². The molecule has 1 aliphatic rings. The molecule has 1 unspecified atom stereocenters. The van der Waals surface area contributed by atoms with Crippen LogP contribution in [0.5, 0.6) is 0 Å². The third kappa shape index (κ3) is 7.54. The van der Waals surface area contributed by atoms with Crippen LogP contribution in [0.15, 0.2) is 51.7 Å². The maximum absolute atomic E-state index is 11.5. The number of aryl methyl sites for hydroxylation is 2. The minimum absolute atomic E-state index is 0.353. The van der Waals surface area contributed by atoms with Gasteiger partial charge < -0.3 is 24.7 Å².